The molecule has 3 N–H and O–H groups in total. The van der Waals surface area contributed by atoms with Crippen LogP contribution in [0.5, 0.6) is 11.5 Å². The van der Waals surface area contributed by atoms with Crippen molar-refractivity contribution in [1.82, 2.24) is 10.6 Å². The molecule has 0 saturated heterocycles. The van der Waals surface area contributed by atoms with Crippen LogP contribution in [0, 0.1) is 0 Å². The zero-order valence-electron chi connectivity index (χ0n) is 13.6. The Balaban J connectivity index is 3.09. The largest absolute Gasteiger partial charge is 0.493 e. The summed E-state index contributed by atoms with van der Waals surface area (Å²) in [5.41, 5.74) is 0. The molecular weight excluding hydrogens is 268 g/mol. The van der Waals surface area contributed by atoms with Crippen LogP contribution >= 0.6 is 0 Å². The third-order valence-electron chi connectivity index (χ3n) is 3.07. The van der Waals surface area contributed by atoms with E-state index in [9.17, 15) is 5.11 Å². The summed E-state index contributed by atoms with van der Waals surface area (Å²) in [5, 5.41) is 16.8. The standard InChI is InChI=1S/C16H28N2O3/c1-6-11-17-16(13(4)19,18-12(2)3)21-15-10-8-7-9-14(15)20-5/h7-10,12-13,17-19H,6,11H2,1-5H3. The van der Waals surface area contributed by atoms with Crippen LogP contribution in [-0.4, -0.2) is 36.8 Å². The minimum absolute atomic E-state index is 0.138. The normalized spacial score (nSPS) is 15.6. The quantitative estimate of drug-likeness (QED) is 0.609. The molecule has 0 saturated carbocycles. The maximum absolute atomic E-state index is 10.3. The predicted octanol–water partition coefficient (Wildman–Crippen LogP) is 2.11. The Morgan fingerprint density at radius 2 is 1.81 bits per heavy atom. The molecule has 0 bridgehead atoms. The average Bonchev–Trinajstić information content (AvgIpc) is 2.44. The van der Waals surface area contributed by atoms with Crippen molar-refractivity contribution in [2.75, 3.05) is 13.7 Å². The molecule has 1 aromatic carbocycles. The summed E-state index contributed by atoms with van der Waals surface area (Å²) in [7, 11) is 1.60. The van der Waals surface area contributed by atoms with Gasteiger partial charge in [-0.2, -0.15) is 0 Å². The molecule has 0 heterocycles. The van der Waals surface area contributed by atoms with Gasteiger partial charge in [-0.15, -0.1) is 0 Å². The molecule has 5 heteroatoms. The van der Waals surface area contributed by atoms with E-state index < -0.39 is 12.0 Å². The number of rotatable bonds is 9. The Morgan fingerprint density at radius 3 is 2.29 bits per heavy atom. The van der Waals surface area contributed by atoms with E-state index >= 15 is 0 Å². The van der Waals surface area contributed by atoms with E-state index in [-0.39, 0.29) is 6.04 Å². The average molecular weight is 296 g/mol. The molecule has 1 aromatic rings. The van der Waals surface area contributed by atoms with Crippen LogP contribution in [0.3, 0.4) is 0 Å². The van der Waals surface area contributed by atoms with Gasteiger partial charge in [-0.05, 0) is 45.9 Å². The third-order valence-corrected chi connectivity index (χ3v) is 3.07. The van der Waals surface area contributed by atoms with E-state index in [4.69, 9.17) is 9.47 Å². The summed E-state index contributed by atoms with van der Waals surface area (Å²) < 4.78 is 11.4. The van der Waals surface area contributed by atoms with Gasteiger partial charge in [-0.25, -0.2) is 0 Å². The number of aliphatic hydroxyl groups excluding tert-OH is 1. The van der Waals surface area contributed by atoms with Gasteiger partial charge >= 0.3 is 0 Å². The van der Waals surface area contributed by atoms with Crippen molar-refractivity contribution in [2.24, 2.45) is 0 Å². The van der Waals surface area contributed by atoms with Crippen molar-refractivity contribution < 1.29 is 14.6 Å². The number of nitrogens with one attached hydrogen (secondary N) is 2. The van der Waals surface area contributed by atoms with Crippen LogP contribution in [0.15, 0.2) is 24.3 Å². The lowest BCUT2D eigenvalue weighted by Crippen LogP contribution is -2.69. The molecule has 1 rings (SSSR count). The van der Waals surface area contributed by atoms with E-state index in [0.29, 0.717) is 11.5 Å². The molecule has 0 fully saturated rings. The number of aliphatic hydroxyl groups is 1. The van der Waals surface area contributed by atoms with Gasteiger partial charge in [0.05, 0.1) is 7.11 Å². The van der Waals surface area contributed by atoms with Crippen LogP contribution < -0.4 is 20.1 Å². The Labute approximate surface area is 127 Å². The van der Waals surface area contributed by atoms with Crippen LogP contribution in [0.2, 0.25) is 0 Å². The monoisotopic (exact) mass is 296 g/mol. The van der Waals surface area contributed by atoms with E-state index in [1.807, 2.05) is 38.1 Å². The lowest BCUT2D eigenvalue weighted by Gasteiger charge is -2.40. The van der Waals surface area contributed by atoms with Crippen LogP contribution in [-0.2, 0) is 0 Å². The van der Waals surface area contributed by atoms with Crippen molar-refractivity contribution >= 4 is 0 Å². The second-order valence-corrected chi connectivity index (χ2v) is 5.39. The second kappa shape index (κ2) is 8.22. The Morgan fingerprint density at radius 1 is 1.19 bits per heavy atom. The SMILES string of the molecule is CCCNC(NC(C)C)(Oc1ccccc1OC)C(C)O. The van der Waals surface area contributed by atoms with Crippen LogP contribution in [0.4, 0.5) is 0 Å². The molecule has 0 aliphatic carbocycles. The molecule has 120 valence electrons. The Bertz CT molecular complexity index is 424. The van der Waals surface area contributed by atoms with Gasteiger partial charge in [0.15, 0.2) is 11.5 Å². The lowest BCUT2D eigenvalue weighted by atomic mass is 10.2. The third kappa shape index (κ3) is 4.88. The van der Waals surface area contributed by atoms with Gasteiger partial charge < -0.3 is 14.6 Å². The molecule has 0 spiro atoms. The molecule has 5 nitrogen and oxygen atoms in total. The summed E-state index contributed by atoms with van der Waals surface area (Å²) >= 11 is 0. The summed E-state index contributed by atoms with van der Waals surface area (Å²) in [5.74, 6) is 0.155. The highest BCUT2D eigenvalue weighted by atomic mass is 16.6. The van der Waals surface area contributed by atoms with Crippen molar-refractivity contribution in [3.63, 3.8) is 0 Å². The molecule has 21 heavy (non-hydrogen) atoms. The van der Waals surface area contributed by atoms with Gasteiger partial charge in [0.2, 0.25) is 5.85 Å². The minimum Gasteiger partial charge on any atom is -0.493 e. The van der Waals surface area contributed by atoms with Crippen LogP contribution in [0.25, 0.3) is 0 Å². The fourth-order valence-electron chi connectivity index (χ4n) is 2.09. The van der Waals surface area contributed by atoms with E-state index in [2.05, 4.69) is 17.6 Å². The minimum atomic E-state index is -1.06. The van der Waals surface area contributed by atoms with E-state index in [1.165, 1.54) is 0 Å². The summed E-state index contributed by atoms with van der Waals surface area (Å²) in [6.07, 6.45) is 0.181. The number of methoxy groups -OCH3 is 1. The second-order valence-electron chi connectivity index (χ2n) is 5.39. The summed E-state index contributed by atoms with van der Waals surface area (Å²) in [6, 6.07) is 7.55. The van der Waals surface area contributed by atoms with Crippen molar-refractivity contribution in [3.8, 4) is 11.5 Å². The molecule has 2 atom stereocenters. The zero-order chi connectivity index (χ0) is 15.9. The van der Waals surface area contributed by atoms with Gasteiger partial charge in [0.25, 0.3) is 0 Å². The van der Waals surface area contributed by atoms with Gasteiger partial charge in [-0.1, -0.05) is 19.1 Å². The van der Waals surface area contributed by atoms with E-state index in [0.717, 1.165) is 13.0 Å². The van der Waals surface area contributed by atoms with E-state index in [1.54, 1.807) is 14.0 Å². The first-order valence-electron chi connectivity index (χ1n) is 7.48. The van der Waals surface area contributed by atoms with Crippen LogP contribution in [0.1, 0.15) is 34.1 Å². The Hall–Kier alpha value is -1.30. The number of benzene rings is 1. The topological polar surface area (TPSA) is 62.8 Å². The summed E-state index contributed by atoms with van der Waals surface area (Å²) in [4.78, 5) is 0. The van der Waals surface area contributed by atoms with Gasteiger partial charge in [-0.3, -0.25) is 10.6 Å². The first-order valence-corrected chi connectivity index (χ1v) is 7.48. The summed E-state index contributed by atoms with van der Waals surface area (Å²) in [6.45, 7) is 8.51. The maximum Gasteiger partial charge on any atom is 0.244 e. The lowest BCUT2D eigenvalue weighted by molar-refractivity contribution is -0.0998. The van der Waals surface area contributed by atoms with Crippen molar-refractivity contribution in [2.45, 2.75) is 52.1 Å². The maximum atomic E-state index is 10.3. The molecule has 0 aromatic heterocycles. The van der Waals surface area contributed by atoms with Gasteiger partial charge in [0, 0.05) is 6.04 Å². The number of para-hydroxylation sites is 2. The fraction of sp³-hybridized carbons (Fsp3) is 0.625. The molecule has 0 aliphatic rings. The molecule has 2 unspecified atom stereocenters. The number of hydrogen-bond acceptors (Lipinski definition) is 5. The molecular formula is C16H28N2O3. The Kier molecular flexibility index (Phi) is 6.95. The molecule has 0 amide bonds. The number of ether oxygens (including phenoxy) is 2. The highest BCUT2D eigenvalue weighted by Crippen LogP contribution is 2.29. The highest BCUT2D eigenvalue weighted by molar-refractivity contribution is 5.39. The highest BCUT2D eigenvalue weighted by Gasteiger charge is 2.38. The molecule has 0 radical (unpaired) electrons. The first kappa shape index (κ1) is 17.8. The first-order chi connectivity index (χ1) is 9.95. The van der Waals surface area contributed by atoms with Gasteiger partial charge in [0.1, 0.15) is 6.10 Å². The van der Waals surface area contributed by atoms with Crippen molar-refractivity contribution in [1.29, 1.82) is 0 Å². The van der Waals surface area contributed by atoms with Crippen molar-refractivity contribution in [3.05, 3.63) is 24.3 Å². The fourth-order valence-corrected chi connectivity index (χ4v) is 2.09. The number of hydrogen-bond donors (Lipinski definition) is 3. The zero-order valence-corrected chi connectivity index (χ0v) is 13.6. The predicted molar refractivity (Wildman–Crippen MR) is 84.6 cm³/mol. The molecule has 0 aliphatic heterocycles. The smallest absolute Gasteiger partial charge is 0.244 e.